The first kappa shape index (κ1) is 21.7. The molecule has 2 aromatic carbocycles. The van der Waals surface area contributed by atoms with Crippen LogP contribution in [-0.4, -0.2) is 53.9 Å². The van der Waals surface area contributed by atoms with Crippen LogP contribution in [0.15, 0.2) is 54.6 Å². The van der Waals surface area contributed by atoms with Crippen LogP contribution in [0.1, 0.15) is 29.0 Å². The molecule has 1 aliphatic heterocycles. The van der Waals surface area contributed by atoms with E-state index in [0.717, 1.165) is 47.8 Å². The zero-order valence-corrected chi connectivity index (χ0v) is 19.3. The SMILES string of the molecule is Cc1ccccc1CCN1CCCC(CN(C)C(=O)C=Cc2nc3ccccc3s2)C1. The fraction of sp³-hybridized carbons (Fsp3) is 0.385. The average molecular weight is 434 g/mol. The van der Waals surface area contributed by atoms with E-state index in [-0.39, 0.29) is 5.91 Å². The predicted octanol–water partition coefficient (Wildman–Crippen LogP) is 5.03. The maximum Gasteiger partial charge on any atom is 0.246 e. The van der Waals surface area contributed by atoms with E-state index in [2.05, 4.69) is 47.1 Å². The Balaban J connectivity index is 1.27. The Hall–Kier alpha value is -2.50. The van der Waals surface area contributed by atoms with Crippen LogP contribution < -0.4 is 0 Å². The number of para-hydroxylation sites is 1. The second kappa shape index (κ2) is 10.2. The molecule has 0 bridgehead atoms. The summed E-state index contributed by atoms with van der Waals surface area (Å²) in [6.07, 6.45) is 7.01. The number of aromatic nitrogens is 1. The number of hydrogen-bond acceptors (Lipinski definition) is 4. The highest BCUT2D eigenvalue weighted by Crippen LogP contribution is 2.23. The molecule has 3 aromatic rings. The first-order valence-corrected chi connectivity index (χ1v) is 12.0. The van der Waals surface area contributed by atoms with Gasteiger partial charge in [-0.15, -0.1) is 11.3 Å². The van der Waals surface area contributed by atoms with E-state index in [0.29, 0.717) is 5.92 Å². The number of hydrogen-bond donors (Lipinski definition) is 0. The molecule has 31 heavy (non-hydrogen) atoms. The number of carbonyl (C=O) groups excluding carboxylic acids is 1. The highest BCUT2D eigenvalue weighted by Gasteiger charge is 2.22. The van der Waals surface area contributed by atoms with Gasteiger partial charge in [-0.1, -0.05) is 36.4 Å². The van der Waals surface area contributed by atoms with Gasteiger partial charge in [0.25, 0.3) is 0 Å². The summed E-state index contributed by atoms with van der Waals surface area (Å²) >= 11 is 1.62. The fourth-order valence-electron chi connectivity index (χ4n) is 4.38. The molecule has 162 valence electrons. The van der Waals surface area contributed by atoms with E-state index < -0.39 is 0 Å². The Kier molecular flexibility index (Phi) is 7.15. The summed E-state index contributed by atoms with van der Waals surface area (Å²) in [5, 5.41) is 0.878. The number of nitrogens with zero attached hydrogens (tertiary/aromatic N) is 3. The molecular formula is C26H31N3OS. The Morgan fingerprint density at radius 2 is 2.03 bits per heavy atom. The fourth-order valence-corrected chi connectivity index (χ4v) is 5.25. The molecule has 1 saturated heterocycles. The normalized spacial score (nSPS) is 17.4. The van der Waals surface area contributed by atoms with Gasteiger partial charge < -0.3 is 9.80 Å². The second-order valence-electron chi connectivity index (χ2n) is 8.56. The molecule has 1 fully saturated rings. The molecule has 2 heterocycles. The number of likely N-dealkylation sites (tertiary alicyclic amines) is 1. The lowest BCUT2D eigenvalue weighted by Crippen LogP contribution is -2.42. The van der Waals surface area contributed by atoms with Crippen LogP contribution in [0, 0.1) is 12.8 Å². The quantitative estimate of drug-likeness (QED) is 0.490. The van der Waals surface area contributed by atoms with Crippen LogP contribution in [0.4, 0.5) is 0 Å². The van der Waals surface area contributed by atoms with Crippen LogP contribution in [0.25, 0.3) is 16.3 Å². The van der Waals surface area contributed by atoms with Gasteiger partial charge in [0.05, 0.1) is 10.2 Å². The average Bonchev–Trinajstić information content (AvgIpc) is 3.20. The summed E-state index contributed by atoms with van der Waals surface area (Å²) in [7, 11) is 1.91. The third-order valence-corrected chi connectivity index (χ3v) is 7.15. The maximum atomic E-state index is 12.6. The minimum absolute atomic E-state index is 0.0521. The molecule has 1 atom stereocenters. The Morgan fingerprint density at radius 1 is 1.23 bits per heavy atom. The van der Waals surface area contributed by atoms with Gasteiger partial charge in [0.1, 0.15) is 5.01 Å². The first-order valence-electron chi connectivity index (χ1n) is 11.1. The van der Waals surface area contributed by atoms with Crippen molar-refractivity contribution >= 4 is 33.5 Å². The van der Waals surface area contributed by atoms with Crippen molar-refractivity contribution in [2.75, 3.05) is 33.2 Å². The Bertz CT molecular complexity index is 1020. The minimum Gasteiger partial charge on any atom is -0.342 e. The zero-order valence-electron chi connectivity index (χ0n) is 18.5. The number of thiazole rings is 1. The largest absolute Gasteiger partial charge is 0.342 e. The van der Waals surface area contributed by atoms with Gasteiger partial charge in [-0.25, -0.2) is 4.98 Å². The van der Waals surface area contributed by atoms with Gasteiger partial charge in [0.2, 0.25) is 5.91 Å². The van der Waals surface area contributed by atoms with E-state index in [4.69, 9.17) is 0 Å². The number of rotatable bonds is 7. The van der Waals surface area contributed by atoms with Crippen molar-refractivity contribution in [3.05, 3.63) is 70.7 Å². The molecule has 0 N–H and O–H groups in total. The van der Waals surface area contributed by atoms with Crippen molar-refractivity contribution in [2.24, 2.45) is 5.92 Å². The van der Waals surface area contributed by atoms with E-state index >= 15 is 0 Å². The van der Waals surface area contributed by atoms with Crippen LogP contribution in [0.5, 0.6) is 0 Å². The van der Waals surface area contributed by atoms with Crippen molar-refractivity contribution in [2.45, 2.75) is 26.2 Å². The van der Waals surface area contributed by atoms with E-state index in [1.54, 1.807) is 17.4 Å². The lowest BCUT2D eigenvalue weighted by Gasteiger charge is -2.34. The number of fused-ring (bicyclic) bond motifs is 1. The highest BCUT2D eigenvalue weighted by molar-refractivity contribution is 7.19. The van der Waals surface area contributed by atoms with E-state index in [1.807, 2.05) is 36.2 Å². The van der Waals surface area contributed by atoms with Gasteiger partial charge in [-0.05, 0) is 68.0 Å². The number of likely N-dealkylation sites (N-methyl/N-ethyl adjacent to an activating group) is 1. The summed E-state index contributed by atoms with van der Waals surface area (Å²) in [6.45, 7) is 6.33. The van der Waals surface area contributed by atoms with Crippen molar-refractivity contribution in [1.29, 1.82) is 0 Å². The molecule has 0 saturated carbocycles. The summed E-state index contributed by atoms with van der Waals surface area (Å²) < 4.78 is 1.15. The smallest absolute Gasteiger partial charge is 0.246 e. The van der Waals surface area contributed by atoms with Crippen LogP contribution in [-0.2, 0) is 11.2 Å². The molecule has 1 aromatic heterocycles. The van der Waals surface area contributed by atoms with Gasteiger partial charge in [-0.3, -0.25) is 4.79 Å². The lowest BCUT2D eigenvalue weighted by atomic mass is 9.96. The minimum atomic E-state index is 0.0521. The molecule has 0 spiro atoms. The van der Waals surface area contributed by atoms with Gasteiger partial charge >= 0.3 is 0 Å². The number of aryl methyl sites for hydroxylation is 1. The molecule has 0 radical (unpaired) electrons. The summed E-state index contributed by atoms with van der Waals surface area (Å²) in [4.78, 5) is 21.6. The summed E-state index contributed by atoms with van der Waals surface area (Å²) in [5.41, 5.74) is 3.80. The van der Waals surface area contributed by atoms with Crippen molar-refractivity contribution < 1.29 is 4.79 Å². The summed E-state index contributed by atoms with van der Waals surface area (Å²) in [5.74, 6) is 0.590. The molecule has 4 rings (SSSR count). The van der Waals surface area contributed by atoms with Gasteiger partial charge in [0, 0.05) is 32.8 Å². The topological polar surface area (TPSA) is 36.4 Å². The van der Waals surface area contributed by atoms with Crippen LogP contribution in [0.2, 0.25) is 0 Å². The number of piperidine rings is 1. The first-order chi connectivity index (χ1) is 15.1. The van der Waals surface area contributed by atoms with Gasteiger partial charge in [0.15, 0.2) is 0 Å². The number of amides is 1. The molecule has 1 amide bonds. The number of carbonyl (C=O) groups is 1. The molecule has 1 unspecified atom stereocenters. The third-order valence-electron chi connectivity index (χ3n) is 6.15. The zero-order chi connectivity index (χ0) is 21.6. The molecule has 5 heteroatoms. The highest BCUT2D eigenvalue weighted by atomic mass is 32.1. The lowest BCUT2D eigenvalue weighted by molar-refractivity contribution is -0.125. The second-order valence-corrected chi connectivity index (χ2v) is 9.62. The van der Waals surface area contributed by atoms with Crippen molar-refractivity contribution in [3.63, 3.8) is 0 Å². The monoisotopic (exact) mass is 433 g/mol. The van der Waals surface area contributed by atoms with Gasteiger partial charge in [-0.2, -0.15) is 0 Å². The maximum absolute atomic E-state index is 12.6. The molecule has 0 aliphatic carbocycles. The standard InChI is InChI=1S/C26H31N3OS/c1-20-8-3-4-10-22(20)15-17-29-16-7-9-21(19-29)18-28(2)26(30)14-13-25-27-23-11-5-6-12-24(23)31-25/h3-6,8,10-14,21H,7,9,15-19H2,1-2H3. The predicted molar refractivity (Wildman–Crippen MR) is 130 cm³/mol. The molecular weight excluding hydrogens is 402 g/mol. The summed E-state index contributed by atoms with van der Waals surface area (Å²) in [6, 6.07) is 16.7. The van der Waals surface area contributed by atoms with Crippen LogP contribution in [0.3, 0.4) is 0 Å². The van der Waals surface area contributed by atoms with Crippen LogP contribution >= 0.6 is 11.3 Å². The Labute approximate surface area is 189 Å². The van der Waals surface area contributed by atoms with E-state index in [1.165, 1.54) is 24.0 Å². The Morgan fingerprint density at radius 3 is 2.87 bits per heavy atom. The van der Waals surface area contributed by atoms with Crippen molar-refractivity contribution in [3.8, 4) is 0 Å². The van der Waals surface area contributed by atoms with E-state index in [9.17, 15) is 4.79 Å². The number of benzene rings is 2. The molecule has 4 nitrogen and oxygen atoms in total. The van der Waals surface area contributed by atoms with Crippen molar-refractivity contribution in [1.82, 2.24) is 14.8 Å². The third kappa shape index (κ3) is 5.81. The molecule has 1 aliphatic rings.